The summed E-state index contributed by atoms with van der Waals surface area (Å²) in [5, 5.41) is 5.66. The van der Waals surface area contributed by atoms with Crippen LogP contribution in [0, 0.1) is 11.8 Å². The van der Waals surface area contributed by atoms with Crippen LogP contribution in [-0.2, 0) is 20.9 Å². The van der Waals surface area contributed by atoms with Crippen molar-refractivity contribution in [3.05, 3.63) is 35.9 Å². The van der Waals surface area contributed by atoms with Gasteiger partial charge in [0.15, 0.2) is 0 Å². The number of carbonyl (C=O) groups is 3. The molecule has 1 aromatic carbocycles. The lowest BCUT2D eigenvalue weighted by Gasteiger charge is -2.34. The second kappa shape index (κ2) is 8.99. The van der Waals surface area contributed by atoms with E-state index in [1.165, 1.54) is 0 Å². The highest BCUT2D eigenvalue weighted by molar-refractivity contribution is 5.87. The van der Waals surface area contributed by atoms with Crippen molar-refractivity contribution in [2.45, 2.75) is 19.9 Å². The third kappa shape index (κ3) is 5.79. The normalized spacial score (nSPS) is 22.2. The summed E-state index contributed by atoms with van der Waals surface area (Å²) >= 11 is 0. The highest BCUT2D eigenvalue weighted by atomic mass is 16.2. The number of hydrogen-bond donors (Lipinski definition) is 2. The summed E-state index contributed by atoms with van der Waals surface area (Å²) in [6.07, 6.45) is 0.922. The largest absolute Gasteiger partial charge is 0.351 e. The van der Waals surface area contributed by atoms with Crippen molar-refractivity contribution >= 4 is 17.7 Å². The Bertz CT molecular complexity index is 671. The van der Waals surface area contributed by atoms with Gasteiger partial charge in [-0.25, -0.2) is 0 Å². The molecular weight excluding hydrogens is 344 g/mol. The molecule has 2 N–H and O–H groups in total. The molecule has 0 aromatic heterocycles. The molecule has 1 saturated carbocycles. The summed E-state index contributed by atoms with van der Waals surface area (Å²) in [4.78, 5) is 39.9. The lowest BCUT2D eigenvalue weighted by molar-refractivity contribution is -0.135. The summed E-state index contributed by atoms with van der Waals surface area (Å²) in [6.45, 7) is 5.47. The number of carbonyl (C=O) groups excluding carboxylic acids is 3. The molecule has 0 spiro atoms. The number of amides is 3. The minimum atomic E-state index is -0.0511. The number of nitrogens with one attached hydrogen (secondary N) is 2. The second-order valence-electron chi connectivity index (χ2n) is 7.46. The Kier molecular flexibility index (Phi) is 6.45. The molecule has 3 rings (SSSR count). The van der Waals surface area contributed by atoms with E-state index in [1.807, 2.05) is 37.3 Å². The Balaban J connectivity index is 1.31. The smallest absolute Gasteiger partial charge is 0.242 e. The van der Waals surface area contributed by atoms with Gasteiger partial charge in [-0.15, -0.1) is 0 Å². The fraction of sp³-hybridized carbons (Fsp3) is 0.550. The van der Waals surface area contributed by atoms with Crippen LogP contribution in [0.25, 0.3) is 0 Å². The lowest BCUT2D eigenvalue weighted by Crippen LogP contribution is -2.53. The molecule has 2 aliphatic rings. The zero-order valence-corrected chi connectivity index (χ0v) is 15.8. The van der Waals surface area contributed by atoms with E-state index in [-0.39, 0.29) is 30.2 Å². The molecular formula is C20H28N4O3. The maximum absolute atomic E-state index is 12.2. The SMILES string of the molecule is C[C@H]1C[C@H]1C(=O)NCC(=O)N1CCN(CC(=O)NCc2ccccc2)CC1. The average molecular weight is 372 g/mol. The molecule has 0 bridgehead atoms. The van der Waals surface area contributed by atoms with Crippen LogP contribution in [0.15, 0.2) is 30.3 Å². The summed E-state index contributed by atoms with van der Waals surface area (Å²) in [5.74, 6) is 0.458. The molecule has 1 aliphatic heterocycles. The fourth-order valence-electron chi connectivity index (χ4n) is 3.30. The molecule has 2 atom stereocenters. The van der Waals surface area contributed by atoms with Crippen LogP contribution in [0.5, 0.6) is 0 Å². The topological polar surface area (TPSA) is 81.8 Å². The minimum Gasteiger partial charge on any atom is -0.351 e. The summed E-state index contributed by atoms with van der Waals surface area (Å²) in [6, 6.07) is 9.81. The van der Waals surface area contributed by atoms with Crippen LogP contribution in [0.1, 0.15) is 18.9 Å². The Morgan fingerprint density at radius 3 is 2.33 bits per heavy atom. The number of nitrogens with zero attached hydrogens (tertiary/aromatic N) is 2. The van der Waals surface area contributed by atoms with Gasteiger partial charge in [0.1, 0.15) is 0 Å². The van der Waals surface area contributed by atoms with E-state index >= 15 is 0 Å². The van der Waals surface area contributed by atoms with Crippen LogP contribution in [0.4, 0.5) is 0 Å². The first kappa shape index (κ1) is 19.4. The minimum absolute atomic E-state index is 0.00965. The van der Waals surface area contributed by atoms with Crippen molar-refractivity contribution < 1.29 is 14.4 Å². The van der Waals surface area contributed by atoms with Crippen molar-refractivity contribution in [1.82, 2.24) is 20.4 Å². The van der Waals surface area contributed by atoms with Gasteiger partial charge in [0.05, 0.1) is 13.1 Å². The molecule has 2 fully saturated rings. The van der Waals surface area contributed by atoms with Gasteiger partial charge < -0.3 is 15.5 Å². The standard InChI is InChI=1S/C20H28N4O3/c1-15-11-17(15)20(27)22-13-19(26)24-9-7-23(8-10-24)14-18(25)21-12-16-5-3-2-4-6-16/h2-6,15,17H,7-14H2,1H3,(H,21,25)(H,22,27)/t15-,17+/m0/s1. The van der Waals surface area contributed by atoms with Gasteiger partial charge in [0.2, 0.25) is 17.7 Å². The highest BCUT2D eigenvalue weighted by Crippen LogP contribution is 2.37. The second-order valence-corrected chi connectivity index (χ2v) is 7.46. The van der Waals surface area contributed by atoms with Gasteiger partial charge in [-0.05, 0) is 17.9 Å². The van der Waals surface area contributed by atoms with Crippen molar-refractivity contribution in [3.8, 4) is 0 Å². The summed E-state index contributed by atoms with van der Waals surface area (Å²) < 4.78 is 0. The Morgan fingerprint density at radius 2 is 1.70 bits per heavy atom. The van der Waals surface area contributed by atoms with Gasteiger partial charge in [0, 0.05) is 38.6 Å². The number of benzene rings is 1. The van der Waals surface area contributed by atoms with Gasteiger partial charge in [0.25, 0.3) is 0 Å². The van der Waals surface area contributed by atoms with E-state index < -0.39 is 0 Å². The van der Waals surface area contributed by atoms with Crippen LogP contribution < -0.4 is 10.6 Å². The predicted octanol–water partition coefficient (Wildman–Crippen LogP) is 0.219. The maximum atomic E-state index is 12.2. The number of piperazine rings is 1. The van der Waals surface area contributed by atoms with Crippen LogP contribution in [0.3, 0.4) is 0 Å². The van der Waals surface area contributed by atoms with E-state index in [4.69, 9.17) is 0 Å². The van der Waals surface area contributed by atoms with E-state index in [2.05, 4.69) is 15.5 Å². The Morgan fingerprint density at radius 1 is 1.04 bits per heavy atom. The van der Waals surface area contributed by atoms with E-state index in [0.29, 0.717) is 45.2 Å². The Hall–Kier alpha value is -2.41. The monoisotopic (exact) mass is 372 g/mol. The summed E-state index contributed by atoms with van der Waals surface area (Å²) in [7, 11) is 0. The molecule has 146 valence electrons. The third-order valence-corrected chi connectivity index (χ3v) is 5.28. The van der Waals surface area contributed by atoms with E-state index in [9.17, 15) is 14.4 Å². The third-order valence-electron chi connectivity index (χ3n) is 5.28. The molecule has 1 aromatic rings. The van der Waals surface area contributed by atoms with Gasteiger partial charge in [-0.2, -0.15) is 0 Å². The first-order valence-corrected chi connectivity index (χ1v) is 9.61. The molecule has 1 aliphatic carbocycles. The molecule has 7 heteroatoms. The predicted molar refractivity (Wildman–Crippen MR) is 102 cm³/mol. The van der Waals surface area contributed by atoms with Crippen LogP contribution >= 0.6 is 0 Å². The number of rotatable bonds is 7. The maximum Gasteiger partial charge on any atom is 0.242 e. The van der Waals surface area contributed by atoms with E-state index in [1.54, 1.807) is 4.90 Å². The van der Waals surface area contributed by atoms with Gasteiger partial charge >= 0.3 is 0 Å². The lowest BCUT2D eigenvalue weighted by atomic mass is 10.2. The van der Waals surface area contributed by atoms with Crippen molar-refractivity contribution in [3.63, 3.8) is 0 Å². The highest BCUT2D eigenvalue weighted by Gasteiger charge is 2.39. The first-order valence-electron chi connectivity index (χ1n) is 9.61. The van der Waals surface area contributed by atoms with Gasteiger partial charge in [-0.1, -0.05) is 37.3 Å². The molecule has 0 radical (unpaired) electrons. The molecule has 0 unspecified atom stereocenters. The Labute approximate surface area is 160 Å². The van der Waals surface area contributed by atoms with Crippen molar-refractivity contribution in [1.29, 1.82) is 0 Å². The van der Waals surface area contributed by atoms with Crippen LogP contribution in [0.2, 0.25) is 0 Å². The molecule has 1 saturated heterocycles. The zero-order chi connectivity index (χ0) is 19.2. The molecule has 27 heavy (non-hydrogen) atoms. The quantitative estimate of drug-likeness (QED) is 0.717. The average Bonchev–Trinajstić information content (AvgIpc) is 3.42. The van der Waals surface area contributed by atoms with Crippen LogP contribution in [-0.4, -0.2) is 66.8 Å². The first-order chi connectivity index (χ1) is 13.0. The zero-order valence-electron chi connectivity index (χ0n) is 15.8. The fourth-order valence-corrected chi connectivity index (χ4v) is 3.30. The van der Waals surface area contributed by atoms with Crippen molar-refractivity contribution in [2.75, 3.05) is 39.3 Å². The van der Waals surface area contributed by atoms with E-state index in [0.717, 1.165) is 12.0 Å². The summed E-state index contributed by atoms with van der Waals surface area (Å²) in [5.41, 5.74) is 1.07. The van der Waals surface area contributed by atoms with Crippen molar-refractivity contribution in [2.24, 2.45) is 11.8 Å². The molecule has 3 amide bonds. The number of hydrogen-bond acceptors (Lipinski definition) is 4. The molecule has 1 heterocycles. The molecule has 7 nitrogen and oxygen atoms in total. The van der Waals surface area contributed by atoms with Gasteiger partial charge in [-0.3, -0.25) is 19.3 Å².